The lowest BCUT2D eigenvalue weighted by Gasteiger charge is -2.35. The molecule has 2 aliphatic rings. The lowest BCUT2D eigenvalue weighted by molar-refractivity contribution is -0.128. The first kappa shape index (κ1) is 22.7. The van der Waals surface area contributed by atoms with E-state index >= 15 is 0 Å². The summed E-state index contributed by atoms with van der Waals surface area (Å²) in [5.74, 6) is -0.0181. The Hall–Kier alpha value is -3.03. The number of carbonyl (C=O) groups excluding carboxylic acids is 1. The zero-order valence-electron chi connectivity index (χ0n) is 18.7. The molecule has 0 saturated heterocycles. The summed E-state index contributed by atoms with van der Waals surface area (Å²) in [5.41, 5.74) is 4.13. The second-order valence-corrected chi connectivity index (χ2v) is 11.0. The molecule has 5 rings (SSSR count). The van der Waals surface area contributed by atoms with E-state index in [-0.39, 0.29) is 23.4 Å². The van der Waals surface area contributed by atoms with Crippen molar-refractivity contribution in [3.05, 3.63) is 88.4 Å². The maximum absolute atomic E-state index is 13.5. The largest absolute Gasteiger partial charge is 0.476 e. The van der Waals surface area contributed by atoms with Crippen molar-refractivity contribution in [2.75, 3.05) is 10.8 Å². The van der Waals surface area contributed by atoms with Gasteiger partial charge in [-0.2, -0.15) is 0 Å². The van der Waals surface area contributed by atoms with E-state index in [0.717, 1.165) is 24.8 Å². The Morgan fingerprint density at radius 1 is 1.06 bits per heavy atom. The van der Waals surface area contributed by atoms with E-state index in [9.17, 15) is 13.2 Å². The standard InChI is InChI=1S/C26H25ClN2O4S/c1-17(19-10-9-18-5-4-6-20(18)15-19)28-26(30)25-16-29(23-7-2-3-8-24(23)33-25)34(31,32)22-13-11-21(27)12-14-22/h2-3,7-15,17,25H,4-6,16H2,1H3,(H,28,30)/t17-,25-/m0/s1. The second kappa shape index (κ2) is 8.96. The highest BCUT2D eigenvalue weighted by Crippen LogP contribution is 2.37. The summed E-state index contributed by atoms with van der Waals surface area (Å²) in [4.78, 5) is 13.3. The molecule has 1 heterocycles. The molecular formula is C26H25ClN2O4S. The summed E-state index contributed by atoms with van der Waals surface area (Å²) in [6.07, 6.45) is 2.33. The summed E-state index contributed by atoms with van der Waals surface area (Å²) in [7, 11) is -3.93. The van der Waals surface area contributed by atoms with Crippen LogP contribution in [0.5, 0.6) is 5.75 Å². The van der Waals surface area contributed by atoms with Gasteiger partial charge in [-0.15, -0.1) is 0 Å². The molecule has 1 aliphatic carbocycles. The molecule has 8 heteroatoms. The molecule has 1 N–H and O–H groups in total. The van der Waals surface area contributed by atoms with Crippen molar-refractivity contribution in [1.82, 2.24) is 5.32 Å². The fourth-order valence-electron chi connectivity index (χ4n) is 4.55. The maximum atomic E-state index is 13.5. The highest BCUT2D eigenvalue weighted by molar-refractivity contribution is 7.92. The fourth-order valence-corrected chi connectivity index (χ4v) is 6.15. The van der Waals surface area contributed by atoms with Crippen molar-refractivity contribution in [1.29, 1.82) is 0 Å². The molecule has 0 spiro atoms. The molecule has 1 aliphatic heterocycles. The maximum Gasteiger partial charge on any atom is 0.264 e. The molecule has 176 valence electrons. The second-order valence-electron chi connectivity index (χ2n) is 8.68. The van der Waals surface area contributed by atoms with E-state index in [1.54, 1.807) is 24.3 Å². The molecule has 0 bridgehead atoms. The first-order valence-electron chi connectivity index (χ1n) is 11.3. The molecule has 1 amide bonds. The Morgan fingerprint density at radius 2 is 1.79 bits per heavy atom. The van der Waals surface area contributed by atoms with Gasteiger partial charge in [-0.05, 0) is 79.3 Å². The van der Waals surface area contributed by atoms with Crippen LogP contribution in [0.2, 0.25) is 5.02 Å². The van der Waals surface area contributed by atoms with Gasteiger partial charge in [0.25, 0.3) is 15.9 Å². The van der Waals surface area contributed by atoms with Crippen molar-refractivity contribution >= 4 is 33.2 Å². The smallest absolute Gasteiger partial charge is 0.264 e. The molecule has 0 fully saturated rings. The van der Waals surface area contributed by atoms with Gasteiger partial charge >= 0.3 is 0 Å². The van der Waals surface area contributed by atoms with Crippen LogP contribution < -0.4 is 14.4 Å². The van der Waals surface area contributed by atoms with E-state index < -0.39 is 16.1 Å². The van der Waals surface area contributed by atoms with Gasteiger partial charge in [0.15, 0.2) is 6.10 Å². The van der Waals surface area contributed by atoms with Gasteiger partial charge in [0.2, 0.25) is 0 Å². The van der Waals surface area contributed by atoms with Crippen LogP contribution in [0.15, 0.2) is 71.6 Å². The topological polar surface area (TPSA) is 75.7 Å². The number of fused-ring (bicyclic) bond motifs is 2. The van der Waals surface area contributed by atoms with Crippen LogP contribution in [-0.2, 0) is 27.7 Å². The van der Waals surface area contributed by atoms with Crippen LogP contribution in [0.3, 0.4) is 0 Å². The molecule has 0 unspecified atom stereocenters. The minimum absolute atomic E-state index is 0.0965. The van der Waals surface area contributed by atoms with Crippen molar-refractivity contribution in [2.24, 2.45) is 0 Å². The van der Waals surface area contributed by atoms with Gasteiger partial charge in [-0.1, -0.05) is 41.9 Å². The van der Waals surface area contributed by atoms with Crippen molar-refractivity contribution < 1.29 is 17.9 Å². The third-order valence-corrected chi connectivity index (χ3v) is 8.46. The summed E-state index contributed by atoms with van der Waals surface area (Å²) in [5, 5.41) is 3.45. The predicted molar refractivity (Wildman–Crippen MR) is 132 cm³/mol. The fraction of sp³-hybridized carbons (Fsp3) is 0.269. The number of para-hydroxylation sites is 2. The van der Waals surface area contributed by atoms with E-state index in [0.29, 0.717) is 16.5 Å². The third kappa shape index (κ3) is 4.26. The van der Waals surface area contributed by atoms with E-state index in [1.165, 1.54) is 39.7 Å². The van der Waals surface area contributed by atoms with Crippen LogP contribution in [0, 0.1) is 0 Å². The van der Waals surface area contributed by atoms with Crippen LogP contribution >= 0.6 is 11.6 Å². The highest BCUT2D eigenvalue weighted by Gasteiger charge is 2.37. The molecule has 2 atom stereocenters. The summed E-state index contributed by atoms with van der Waals surface area (Å²) < 4.78 is 34.1. The van der Waals surface area contributed by atoms with Crippen LogP contribution in [0.25, 0.3) is 0 Å². The first-order chi connectivity index (χ1) is 16.3. The van der Waals surface area contributed by atoms with Gasteiger partial charge in [0.05, 0.1) is 23.2 Å². The Balaban J connectivity index is 1.40. The van der Waals surface area contributed by atoms with Crippen molar-refractivity contribution in [2.45, 2.75) is 43.2 Å². The Morgan fingerprint density at radius 3 is 2.59 bits per heavy atom. The number of nitrogens with zero attached hydrogens (tertiary/aromatic N) is 1. The molecule has 0 saturated carbocycles. The average Bonchev–Trinajstić information content (AvgIpc) is 3.31. The quantitative estimate of drug-likeness (QED) is 0.557. The SMILES string of the molecule is C[C@H](NC(=O)[C@@H]1CN(S(=O)(=O)c2ccc(Cl)cc2)c2ccccc2O1)c1ccc2c(c1)CCC2. The number of hydrogen-bond acceptors (Lipinski definition) is 4. The van der Waals surface area contributed by atoms with Crippen LogP contribution in [0.4, 0.5) is 5.69 Å². The zero-order chi connectivity index (χ0) is 23.9. The molecule has 3 aromatic rings. The zero-order valence-corrected chi connectivity index (χ0v) is 20.3. The molecule has 6 nitrogen and oxygen atoms in total. The number of amides is 1. The molecule has 0 aromatic heterocycles. The minimum Gasteiger partial charge on any atom is -0.476 e. The Kier molecular flexibility index (Phi) is 6.00. The molecule has 0 radical (unpaired) electrons. The van der Waals surface area contributed by atoms with Crippen molar-refractivity contribution in [3.63, 3.8) is 0 Å². The number of halogens is 1. The number of carbonyl (C=O) groups is 1. The number of rotatable bonds is 5. The van der Waals surface area contributed by atoms with Gasteiger partial charge in [-0.3, -0.25) is 9.10 Å². The average molecular weight is 497 g/mol. The van der Waals surface area contributed by atoms with Gasteiger partial charge < -0.3 is 10.1 Å². The normalized spacial score (nSPS) is 17.9. The number of nitrogens with one attached hydrogen (secondary N) is 1. The van der Waals surface area contributed by atoms with Gasteiger partial charge in [0.1, 0.15) is 5.75 Å². The van der Waals surface area contributed by atoms with Crippen molar-refractivity contribution in [3.8, 4) is 5.75 Å². The van der Waals surface area contributed by atoms with Gasteiger partial charge in [-0.25, -0.2) is 8.42 Å². The summed E-state index contributed by atoms with van der Waals surface area (Å²) >= 11 is 5.94. The monoisotopic (exact) mass is 496 g/mol. The lowest BCUT2D eigenvalue weighted by atomic mass is 10.0. The van der Waals surface area contributed by atoms with Crippen LogP contribution in [0.1, 0.15) is 36.1 Å². The predicted octanol–water partition coefficient (Wildman–Crippen LogP) is 4.66. The van der Waals surface area contributed by atoms with E-state index in [4.69, 9.17) is 16.3 Å². The number of benzene rings is 3. The van der Waals surface area contributed by atoms with Crippen LogP contribution in [-0.4, -0.2) is 27.0 Å². The number of ether oxygens (including phenoxy) is 1. The number of hydrogen-bond donors (Lipinski definition) is 1. The lowest BCUT2D eigenvalue weighted by Crippen LogP contribution is -2.51. The first-order valence-corrected chi connectivity index (χ1v) is 13.1. The highest BCUT2D eigenvalue weighted by atomic mass is 35.5. The summed E-state index contributed by atoms with van der Waals surface area (Å²) in [6, 6.07) is 18.9. The van der Waals surface area contributed by atoms with E-state index in [2.05, 4.69) is 17.4 Å². The molecule has 3 aromatic carbocycles. The number of anilines is 1. The van der Waals surface area contributed by atoms with Gasteiger partial charge in [0, 0.05) is 5.02 Å². The Bertz CT molecular complexity index is 1340. The number of sulfonamides is 1. The summed E-state index contributed by atoms with van der Waals surface area (Å²) in [6.45, 7) is 1.79. The Labute approximate surface area is 204 Å². The van der Waals surface area contributed by atoms with E-state index in [1.807, 2.05) is 13.0 Å². The minimum atomic E-state index is -3.93. The third-order valence-electron chi connectivity index (χ3n) is 6.41. The molecular weight excluding hydrogens is 472 g/mol. The molecule has 34 heavy (non-hydrogen) atoms. The number of aryl methyl sites for hydroxylation is 2.